The SMILES string of the molecule is CCc1ccc(N2C(=O)C3CC=C4C(CC5C(=O)N(c6ccc(CC)cc6)C(=O)C5C4c4cc(Br)c(O)c(OC)c4)C3C2=O)cc1. The zero-order valence-corrected chi connectivity index (χ0v) is 27.5. The second-order valence-electron chi connectivity index (χ2n) is 12.6. The average molecular weight is 684 g/mol. The zero-order valence-electron chi connectivity index (χ0n) is 25.9. The number of fused-ring (bicyclic) bond motifs is 4. The first kappa shape index (κ1) is 30.4. The molecule has 4 aliphatic rings. The number of carbonyl (C=O) groups excluding carboxylic acids is 4. The molecular formula is C37H35BrN2O6. The van der Waals surface area contributed by atoms with Crippen molar-refractivity contribution in [2.75, 3.05) is 16.9 Å². The molecule has 1 N–H and O–H groups in total. The number of amides is 4. The van der Waals surface area contributed by atoms with Crippen molar-refractivity contribution < 1.29 is 29.0 Å². The summed E-state index contributed by atoms with van der Waals surface area (Å²) in [6.45, 7) is 4.10. The van der Waals surface area contributed by atoms with E-state index in [0.717, 1.165) is 29.5 Å². The smallest absolute Gasteiger partial charge is 0.238 e. The Balaban J connectivity index is 1.33. The van der Waals surface area contributed by atoms with E-state index >= 15 is 0 Å². The van der Waals surface area contributed by atoms with Gasteiger partial charge in [0, 0.05) is 5.92 Å². The van der Waals surface area contributed by atoms with Crippen LogP contribution in [0.5, 0.6) is 11.5 Å². The second kappa shape index (κ2) is 11.5. The van der Waals surface area contributed by atoms with E-state index in [4.69, 9.17) is 4.74 Å². The molecule has 3 aromatic rings. The monoisotopic (exact) mass is 682 g/mol. The number of methoxy groups -OCH3 is 1. The summed E-state index contributed by atoms with van der Waals surface area (Å²) in [6.07, 6.45) is 4.35. The molecule has 46 heavy (non-hydrogen) atoms. The van der Waals surface area contributed by atoms with Crippen molar-refractivity contribution in [3.8, 4) is 11.5 Å². The Morgan fingerprint density at radius 2 is 1.30 bits per heavy atom. The summed E-state index contributed by atoms with van der Waals surface area (Å²) in [6, 6.07) is 18.4. The first-order valence-electron chi connectivity index (χ1n) is 15.9. The number of hydrogen-bond acceptors (Lipinski definition) is 6. The molecular weight excluding hydrogens is 648 g/mol. The van der Waals surface area contributed by atoms with E-state index in [0.29, 0.717) is 34.3 Å². The highest BCUT2D eigenvalue weighted by molar-refractivity contribution is 9.10. The van der Waals surface area contributed by atoms with E-state index < -0.39 is 35.5 Å². The van der Waals surface area contributed by atoms with Crippen molar-refractivity contribution in [1.29, 1.82) is 0 Å². The number of rotatable bonds is 6. The fourth-order valence-corrected chi connectivity index (χ4v) is 8.62. The molecule has 9 heteroatoms. The maximum Gasteiger partial charge on any atom is 0.238 e. The molecule has 3 aromatic carbocycles. The lowest BCUT2D eigenvalue weighted by atomic mass is 9.57. The van der Waals surface area contributed by atoms with Crippen LogP contribution in [0.4, 0.5) is 11.4 Å². The molecule has 236 valence electrons. The summed E-state index contributed by atoms with van der Waals surface area (Å²) in [5.74, 6) is -4.50. The lowest BCUT2D eigenvalue weighted by Crippen LogP contribution is -2.43. The quantitative estimate of drug-likeness (QED) is 0.241. The van der Waals surface area contributed by atoms with Crippen LogP contribution in [0.15, 0.2) is 76.8 Å². The van der Waals surface area contributed by atoms with Gasteiger partial charge in [-0.3, -0.25) is 29.0 Å². The maximum atomic E-state index is 14.4. The molecule has 8 nitrogen and oxygen atoms in total. The Bertz CT molecular complexity index is 1800. The van der Waals surface area contributed by atoms with Crippen LogP contribution in [-0.2, 0) is 32.0 Å². The molecule has 0 spiro atoms. The number of phenolic OH excluding ortho intramolecular Hbond substituents is 1. The molecule has 6 atom stereocenters. The molecule has 7 rings (SSSR count). The van der Waals surface area contributed by atoms with Crippen LogP contribution in [0, 0.1) is 29.6 Å². The fourth-order valence-electron chi connectivity index (χ4n) is 8.16. The minimum atomic E-state index is -0.719. The van der Waals surface area contributed by atoms with Gasteiger partial charge in [0.15, 0.2) is 11.5 Å². The highest BCUT2D eigenvalue weighted by Gasteiger charge is 2.62. The highest BCUT2D eigenvalue weighted by atomic mass is 79.9. The summed E-state index contributed by atoms with van der Waals surface area (Å²) in [5, 5.41) is 10.6. The minimum absolute atomic E-state index is 0.0689. The van der Waals surface area contributed by atoms with E-state index in [-0.39, 0.29) is 35.1 Å². The van der Waals surface area contributed by atoms with Crippen molar-refractivity contribution in [2.24, 2.45) is 29.6 Å². The molecule has 2 heterocycles. The number of aryl methyl sites for hydroxylation is 2. The predicted octanol–water partition coefficient (Wildman–Crippen LogP) is 6.33. The molecule has 2 saturated heterocycles. The van der Waals surface area contributed by atoms with E-state index in [1.54, 1.807) is 12.1 Å². The number of allylic oxidation sites excluding steroid dienone is 2. The molecule has 0 aromatic heterocycles. The highest BCUT2D eigenvalue weighted by Crippen LogP contribution is 2.59. The Labute approximate surface area is 276 Å². The third kappa shape index (κ3) is 4.54. The third-order valence-corrected chi connectivity index (χ3v) is 11.1. The number of benzene rings is 3. The largest absolute Gasteiger partial charge is 0.503 e. The summed E-state index contributed by atoms with van der Waals surface area (Å²) in [4.78, 5) is 59.3. The number of aromatic hydroxyl groups is 1. The first-order chi connectivity index (χ1) is 22.2. The van der Waals surface area contributed by atoms with Crippen LogP contribution in [0.25, 0.3) is 0 Å². The van der Waals surface area contributed by atoms with Gasteiger partial charge in [0.05, 0.1) is 46.6 Å². The lowest BCUT2D eigenvalue weighted by Gasteiger charge is -2.44. The Morgan fingerprint density at radius 3 is 1.85 bits per heavy atom. The second-order valence-corrected chi connectivity index (χ2v) is 13.5. The number of halogens is 1. The first-order valence-corrected chi connectivity index (χ1v) is 16.7. The molecule has 2 aliphatic carbocycles. The van der Waals surface area contributed by atoms with Gasteiger partial charge in [-0.25, -0.2) is 0 Å². The van der Waals surface area contributed by atoms with Crippen LogP contribution in [-0.4, -0.2) is 35.8 Å². The normalized spacial score (nSPS) is 27.0. The topological polar surface area (TPSA) is 104 Å². The van der Waals surface area contributed by atoms with Crippen LogP contribution in [0.2, 0.25) is 0 Å². The summed E-state index contributed by atoms with van der Waals surface area (Å²) >= 11 is 3.44. The number of hydrogen-bond donors (Lipinski definition) is 1. The van der Waals surface area contributed by atoms with Gasteiger partial charge in [-0.2, -0.15) is 0 Å². The van der Waals surface area contributed by atoms with Crippen molar-refractivity contribution >= 4 is 50.9 Å². The number of phenols is 1. The summed E-state index contributed by atoms with van der Waals surface area (Å²) in [5.41, 5.74) is 4.86. The summed E-state index contributed by atoms with van der Waals surface area (Å²) in [7, 11) is 1.46. The van der Waals surface area contributed by atoms with Gasteiger partial charge in [-0.05, 0) is 101 Å². The summed E-state index contributed by atoms with van der Waals surface area (Å²) < 4.78 is 5.87. The minimum Gasteiger partial charge on any atom is -0.503 e. The van der Waals surface area contributed by atoms with Gasteiger partial charge in [-0.15, -0.1) is 0 Å². The van der Waals surface area contributed by atoms with Gasteiger partial charge < -0.3 is 9.84 Å². The predicted molar refractivity (Wildman–Crippen MR) is 176 cm³/mol. The Hall–Kier alpha value is -4.24. The van der Waals surface area contributed by atoms with Crippen LogP contribution in [0.1, 0.15) is 49.3 Å². The lowest BCUT2D eigenvalue weighted by molar-refractivity contribution is -0.126. The van der Waals surface area contributed by atoms with E-state index in [2.05, 4.69) is 15.9 Å². The Kier molecular flexibility index (Phi) is 7.62. The van der Waals surface area contributed by atoms with E-state index in [1.807, 2.05) is 68.5 Å². The van der Waals surface area contributed by atoms with Crippen LogP contribution >= 0.6 is 15.9 Å². The molecule has 3 fully saturated rings. The fraction of sp³-hybridized carbons (Fsp3) is 0.351. The maximum absolute atomic E-state index is 14.4. The molecule has 4 amide bonds. The van der Waals surface area contributed by atoms with Crippen molar-refractivity contribution in [2.45, 2.75) is 45.4 Å². The van der Waals surface area contributed by atoms with Gasteiger partial charge in [0.25, 0.3) is 0 Å². The van der Waals surface area contributed by atoms with Gasteiger partial charge in [-0.1, -0.05) is 49.8 Å². The molecule has 0 bridgehead atoms. The van der Waals surface area contributed by atoms with Crippen molar-refractivity contribution in [3.05, 3.63) is 93.5 Å². The number of imide groups is 2. The number of anilines is 2. The van der Waals surface area contributed by atoms with Crippen LogP contribution < -0.4 is 14.5 Å². The van der Waals surface area contributed by atoms with E-state index in [1.165, 1.54) is 16.9 Å². The standard InChI is InChI=1S/C37H35BrN2O6/c1-4-19-6-10-22(11-7-19)39-34(42)25-15-14-24-26(31(25)36(39)44)18-27-32(30(24)21-16-28(38)33(41)29(17-21)46-3)37(45)40(35(27)43)23-12-8-20(5-2)9-13-23/h6-14,16-17,25-27,30-32,41H,4-5,15,18H2,1-3H3. The molecule has 6 unspecified atom stereocenters. The molecule has 0 radical (unpaired) electrons. The Morgan fingerprint density at radius 1 is 0.761 bits per heavy atom. The molecule has 1 saturated carbocycles. The van der Waals surface area contributed by atoms with Crippen LogP contribution in [0.3, 0.4) is 0 Å². The molecule has 2 aliphatic heterocycles. The van der Waals surface area contributed by atoms with Gasteiger partial charge in [0.2, 0.25) is 23.6 Å². The zero-order chi connectivity index (χ0) is 32.4. The number of ether oxygens (including phenoxy) is 1. The van der Waals surface area contributed by atoms with Crippen molar-refractivity contribution in [3.63, 3.8) is 0 Å². The van der Waals surface area contributed by atoms with E-state index in [9.17, 15) is 24.3 Å². The number of carbonyl (C=O) groups is 4. The third-order valence-electron chi connectivity index (χ3n) is 10.5. The van der Waals surface area contributed by atoms with Gasteiger partial charge >= 0.3 is 0 Å². The van der Waals surface area contributed by atoms with Gasteiger partial charge in [0.1, 0.15) is 0 Å². The average Bonchev–Trinajstić information content (AvgIpc) is 3.48. The van der Waals surface area contributed by atoms with Crippen molar-refractivity contribution in [1.82, 2.24) is 0 Å². The number of nitrogens with zero attached hydrogens (tertiary/aromatic N) is 2.